The SMILES string of the molecule is Nc1c(N=Nc2cccc(S(=O)(=O)CCOS(=O)(=O)O)c2)c(S(=O)(=O)O)cc2cccc(O)c12. The van der Waals surface area contributed by atoms with Crippen molar-refractivity contribution in [2.75, 3.05) is 18.1 Å². The molecule has 0 radical (unpaired) electrons. The molecule has 0 aliphatic rings. The molecule has 0 aromatic heterocycles. The number of rotatable bonds is 8. The molecule has 16 heteroatoms. The summed E-state index contributed by atoms with van der Waals surface area (Å²) in [5.74, 6) is -1.05. The summed E-state index contributed by atoms with van der Waals surface area (Å²) in [6.45, 7) is -0.832. The number of phenolic OH excluding ortho intramolecular Hbond substituents is 1. The van der Waals surface area contributed by atoms with Crippen LogP contribution in [0.3, 0.4) is 0 Å². The van der Waals surface area contributed by atoms with E-state index in [1.807, 2.05) is 0 Å². The summed E-state index contributed by atoms with van der Waals surface area (Å²) in [6.07, 6.45) is 0. The van der Waals surface area contributed by atoms with Crippen LogP contribution in [0.15, 0.2) is 68.6 Å². The lowest BCUT2D eigenvalue weighted by Gasteiger charge is -2.11. The molecule has 182 valence electrons. The monoisotopic (exact) mass is 531 g/mol. The molecule has 0 atom stereocenters. The minimum absolute atomic E-state index is 0.0603. The number of hydrogen-bond donors (Lipinski definition) is 4. The highest BCUT2D eigenvalue weighted by atomic mass is 32.3. The van der Waals surface area contributed by atoms with Gasteiger partial charge in [0.05, 0.1) is 28.6 Å². The summed E-state index contributed by atoms with van der Waals surface area (Å²) < 4.78 is 91.9. The van der Waals surface area contributed by atoms with E-state index in [9.17, 15) is 34.9 Å². The minimum Gasteiger partial charge on any atom is -0.507 e. The Balaban J connectivity index is 2.03. The molecule has 0 fully saturated rings. The van der Waals surface area contributed by atoms with Gasteiger partial charge in [-0.2, -0.15) is 21.9 Å². The Labute approximate surface area is 194 Å². The molecular weight excluding hydrogens is 514 g/mol. The van der Waals surface area contributed by atoms with Gasteiger partial charge in [0, 0.05) is 5.39 Å². The van der Waals surface area contributed by atoms with Gasteiger partial charge in [0.25, 0.3) is 10.1 Å². The van der Waals surface area contributed by atoms with Gasteiger partial charge in [0.1, 0.15) is 16.3 Å². The molecule has 0 amide bonds. The molecular formula is C18H17N3O10S3. The lowest BCUT2D eigenvalue weighted by Crippen LogP contribution is -2.15. The van der Waals surface area contributed by atoms with E-state index in [2.05, 4.69) is 14.4 Å². The van der Waals surface area contributed by atoms with Crippen LogP contribution in [0.4, 0.5) is 17.1 Å². The lowest BCUT2D eigenvalue weighted by atomic mass is 10.1. The first kappa shape index (κ1) is 25.5. The zero-order valence-electron chi connectivity index (χ0n) is 16.9. The molecule has 0 aliphatic heterocycles. The number of nitrogens with zero attached hydrogens (tertiary/aromatic N) is 2. The molecule has 0 saturated heterocycles. The van der Waals surface area contributed by atoms with Crippen molar-refractivity contribution in [1.82, 2.24) is 0 Å². The fraction of sp³-hybridized carbons (Fsp3) is 0.111. The summed E-state index contributed by atoms with van der Waals surface area (Å²) in [6, 6.07) is 10.1. The van der Waals surface area contributed by atoms with Crippen molar-refractivity contribution >= 4 is 58.2 Å². The van der Waals surface area contributed by atoms with Gasteiger partial charge in [-0.15, -0.1) is 5.11 Å². The van der Waals surface area contributed by atoms with E-state index in [0.29, 0.717) is 0 Å². The van der Waals surface area contributed by atoms with Crippen molar-refractivity contribution in [2.24, 2.45) is 10.2 Å². The zero-order valence-corrected chi connectivity index (χ0v) is 19.4. The van der Waals surface area contributed by atoms with Crippen molar-refractivity contribution in [3.8, 4) is 5.75 Å². The van der Waals surface area contributed by atoms with Crippen molar-refractivity contribution < 1.29 is 43.6 Å². The maximum absolute atomic E-state index is 12.4. The molecule has 0 saturated carbocycles. The molecule has 3 aromatic carbocycles. The van der Waals surface area contributed by atoms with Gasteiger partial charge in [-0.05, 0) is 35.7 Å². The van der Waals surface area contributed by atoms with Crippen LogP contribution in [-0.2, 0) is 34.5 Å². The van der Waals surface area contributed by atoms with E-state index in [-0.39, 0.29) is 32.8 Å². The van der Waals surface area contributed by atoms with Crippen molar-refractivity contribution in [1.29, 1.82) is 0 Å². The molecule has 0 unspecified atom stereocenters. The minimum atomic E-state index is -4.81. The van der Waals surface area contributed by atoms with Crippen LogP contribution in [0, 0.1) is 0 Å². The predicted octanol–water partition coefficient (Wildman–Crippen LogP) is 2.38. The summed E-state index contributed by atoms with van der Waals surface area (Å²) in [4.78, 5) is -0.972. The second kappa shape index (κ2) is 9.24. The molecule has 3 rings (SSSR count). The molecule has 3 aromatic rings. The number of nitrogens with two attached hydrogens (primary N) is 1. The summed E-state index contributed by atoms with van der Waals surface area (Å²) in [5, 5.41) is 18.0. The predicted molar refractivity (Wildman–Crippen MR) is 120 cm³/mol. The highest BCUT2D eigenvalue weighted by molar-refractivity contribution is 7.91. The topological polar surface area (TPSA) is 223 Å². The number of anilines is 1. The number of fused-ring (bicyclic) bond motifs is 1. The number of sulfone groups is 1. The smallest absolute Gasteiger partial charge is 0.397 e. The number of hydrogen-bond acceptors (Lipinski definition) is 11. The van der Waals surface area contributed by atoms with Crippen LogP contribution in [0.2, 0.25) is 0 Å². The van der Waals surface area contributed by atoms with Crippen LogP contribution in [0.1, 0.15) is 0 Å². The normalized spacial score (nSPS) is 13.0. The van der Waals surface area contributed by atoms with E-state index >= 15 is 0 Å². The zero-order chi connectivity index (χ0) is 25.3. The highest BCUT2D eigenvalue weighted by Crippen LogP contribution is 2.41. The maximum atomic E-state index is 12.4. The Morgan fingerprint density at radius 2 is 1.59 bits per heavy atom. The van der Waals surface area contributed by atoms with Gasteiger partial charge in [0.2, 0.25) is 0 Å². The second-order valence-electron chi connectivity index (χ2n) is 6.75. The van der Waals surface area contributed by atoms with Crippen LogP contribution >= 0.6 is 0 Å². The van der Waals surface area contributed by atoms with Crippen molar-refractivity contribution in [3.05, 3.63) is 48.5 Å². The Morgan fingerprint density at radius 1 is 0.912 bits per heavy atom. The van der Waals surface area contributed by atoms with Gasteiger partial charge >= 0.3 is 10.4 Å². The molecule has 0 bridgehead atoms. The largest absolute Gasteiger partial charge is 0.507 e. The Hall–Kier alpha value is -3.15. The summed E-state index contributed by atoms with van der Waals surface area (Å²) in [5.41, 5.74) is 5.17. The first-order chi connectivity index (χ1) is 15.7. The van der Waals surface area contributed by atoms with E-state index in [1.165, 1.54) is 36.4 Å². The Morgan fingerprint density at radius 3 is 2.24 bits per heavy atom. The van der Waals surface area contributed by atoms with E-state index < -0.39 is 53.3 Å². The molecule has 0 aliphatic carbocycles. The lowest BCUT2D eigenvalue weighted by molar-refractivity contribution is 0.284. The third kappa shape index (κ3) is 5.85. The van der Waals surface area contributed by atoms with Crippen LogP contribution in [0.5, 0.6) is 5.75 Å². The molecule has 0 spiro atoms. The highest BCUT2D eigenvalue weighted by Gasteiger charge is 2.22. The third-order valence-corrected chi connectivity index (χ3v) is 7.43. The van der Waals surface area contributed by atoms with Crippen LogP contribution in [0.25, 0.3) is 10.8 Å². The quantitative estimate of drug-likeness (QED) is 0.187. The van der Waals surface area contributed by atoms with Crippen molar-refractivity contribution in [3.63, 3.8) is 0 Å². The van der Waals surface area contributed by atoms with E-state index in [4.69, 9.17) is 10.3 Å². The first-order valence-electron chi connectivity index (χ1n) is 9.07. The summed E-state index contributed by atoms with van der Waals surface area (Å²) >= 11 is 0. The van der Waals surface area contributed by atoms with Crippen LogP contribution < -0.4 is 5.73 Å². The Kier molecular flexibility index (Phi) is 6.92. The Bertz CT molecular complexity index is 1620. The molecule has 5 N–H and O–H groups in total. The number of azo groups is 1. The molecule has 34 heavy (non-hydrogen) atoms. The average Bonchev–Trinajstić information content (AvgIpc) is 2.71. The maximum Gasteiger partial charge on any atom is 0.397 e. The van der Waals surface area contributed by atoms with E-state index in [1.54, 1.807) is 0 Å². The number of phenols is 1. The standard InChI is InChI=1S/C18H17N3O10S3/c19-17-16-11(3-1-6-14(16)22)9-15(33(25,26)27)18(17)21-20-12-4-2-5-13(10-12)32(23,24)8-7-31-34(28,29)30/h1-6,9-10,22H,7-8,19H2,(H,25,26,27)(H,28,29,30). The molecule has 13 nitrogen and oxygen atoms in total. The number of benzene rings is 3. The second-order valence-corrected chi connectivity index (χ2v) is 11.3. The van der Waals surface area contributed by atoms with Gasteiger partial charge in [-0.25, -0.2) is 12.6 Å². The van der Waals surface area contributed by atoms with Crippen LogP contribution in [-0.4, -0.2) is 51.8 Å². The van der Waals surface area contributed by atoms with Gasteiger partial charge < -0.3 is 10.8 Å². The van der Waals surface area contributed by atoms with Gasteiger partial charge in [-0.3, -0.25) is 9.11 Å². The number of aromatic hydroxyl groups is 1. The fourth-order valence-corrected chi connectivity index (χ4v) is 5.14. The molecule has 0 heterocycles. The first-order valence-corrected chi connectivity index (χ1v) is 13.5. The third-order valence-electron chi connectivity index (χ3n) is 4.42. The summed E-state index contributed by atoms with van der Waals surface area (Å²) in [7, 11) is -13.7. The van der Waals surface area contributed by atoms with Crippen molar-refractivity contribution in [2.45, 2.75) is 9.79 Å². The average molecular weight is 532 g/mol. The fourth-order valence-electron chi connectivity index (χ4n) is 2.95. The number of nitrogen functional groups attached to an aromatic ring is 1. The van der Waals surface area contributed by atoms with Gasteiger partial charge in [-0.1, -0.05) is 18.2 Å². The van der Waals surface area contributed by atoms with E-state index in [0.717, 1.165) is 12.1 Å². The van der Waals surface area contributed by atoms with Gasteiger partial charge in [0.15, 0.2) is 9.84 Å².